The van der Waals surface area contributed by atoms with Crippen LogP contribution in [0.25, 0.3) is 0 Å². The Bertz CT molecular complexity index is 706. The lowest BCUT2D eigenvalue weighted by atomic mass is 10.5. The molecule has 134 valence electrons. The van der Waals surface area contributed by atoms with E-state index in [4.69, 9.17) is 0 Å². The minimum atomic E-state index is -1.77. The van der Waals surface area contributed by atoms with Crippen molar-refractivity contribution in [1.29, 1.82) is 0 Å². The van der Waals surface area contributed by atoms with Crippen molar-refractivity contribution >= 4 is 8.07 Å². The molecule has 0 aromatic carbocycles. The average Bonchev–Trinajstić information content (AvgIpc) is 2.58. The van der Waals surface area contributed by atoms with Crippen molar-refractivity contribution in [3.63, 3.8) is 0 Å². The van der Waals surface area contributed by atoms with E-state index in [0.717, 1.165) is 33.7 Å². The molecule has 0 atom stereocenters. The molecule has 0 saturated carbocycles. The quantitative estimate of drug-likeness (QED) is 0.478. The van der Waals surface area contributed by atoms with E-state index in [0.29, 0.717) is 6.17 Å². The fourth-order valence-electron chi connectivity index (χ4n) is 3.16. The van der Waals surface area contributed by atoms with Crippen LogP contribution in [0.5, 0.6) is 0 Å². The molecule has 6 nitrogen and oxygen atoms in total. The van der Waals surface area contributed by atoms with E-state index in [9.17, 15) is 14.4 Å². The van der Waals surface area contributed by atoms with Crippen LogP contribution in [0.2, 0.25) is 18.1 Å². The Morgan fingerprint density at radius 1 is 0.833 bits per heavy atom. The zero-order valence-corrected chi connectivity index (χ0v) is 16.1. The second-order valence-corrected chi connectivity index (χ2v) is 11.4. The SMILES string of the molecule is C=CCn1c(=O)n(CC=C)c(=O)n(C[Si](CC)(CC)CCC)c1=O. The van der Waals surface area contributed by atoms with Gasteiger partial charge in [-0.25, -0.2) is 28.1 Å². The molecule has 7 heteroatoms. The standard InChI is InChI=1S/C17H29N3O3Si/c1-6-11-18-15(21)19(12-7-2)17(23)20(16(18)22)14-24(9-4,10-5)13-8-3/h6-7H,1-2,8-14H2,3-5H3. The Morgan fingerprint density at radius 2 is 1.25 bits per heavy atom. The Morgan fingerprint density at radius 3 is 1.58 bits per heavy atom. The van der Waals surface area contributed by atoms with Gasteiger partial charge in [-0.15, -0.1) is 13.2 Å². The second-order valence-electron chi connectivity index (χ2n) is 6.19. The number of aromatic nitrogens is 3. The van der Waals surface area contributed by atoms with Gasteiger partial charge in [-0.2, -0.15) is 0 Å². The minimum Gasteiger partial charge on any atom is -0.248 e. The van der Waals surface area contributed by atoms with Gasteiger partial charge in [-0.1, -0.05) is 57.5 Å². The first kappa shape index (κ1) is 20.2. The van der Waals surface area contributed by atoms with Crippen LogP contribution in [0.15, 0.2) is 39.7 Å². The first-order valence-electron chi connectivity index (χ1n) is 8.57. The molecule has 0 aliphatic carbocycles. The summed E-state index contributed by atoms with van der Waals surface area (Å²) in [6.07, 6.45) is 4.48. The van der Waals surface area contributed by atoms with Gasteiger partial charge in [-0.05, 0) is 0 Å². The van der Waals surface area contributed by atoms with Crippen LogP contribution in [0.1, 0.15) is 27.2 Å². The smallest absolute Gasteiger partial charge is 0.248 e. The summed E-state index contributed by atoms with van der Waals surface area (Å²) >= 11 is 0. The second kappa shape index (κ2) is 8.82. The fourth-order valence-corrected chi connectivity index (χ4v) is 6.97. The maximum Gasteiger partial charge on any atom is 0.336 e. The molecule has 0 unspecified atom stereocenters. The van der Waals surface area contributed by atoms with Crippen LogP contribution in [0.4, 0.5) is 0 Å². The molecule has 24 heavy (non-hydrogen) atoms. The fraction of sp³-hybridized carbons (Fsp3) is 0.588. The van der Waals surface area contributed by atoms with E-state index >= 15 is 0 Å². The molecule has 0 amide bonds. The van der Waals surface area contributed by atoms with Crippen molar-refractivity contribution in [2.75, 3.05) is 0 Å². The van der Waals surface area contributed by atoms with Gasteiger partial charge in [0.15, 0.2) is 0 Å². The van der Waals surface area contributed by atoms with E-state index < -0.39 is 25.1 Å². The monoisotopic (exact) mass is 351 g/mol. The maximum atomic E-state index is 12.7. The highest BCUT2D eigenvalue weighted by Gasteiger charge is 2.30. The third kappa shape index (κ3) is 3.95. The summed E-state index contributed by atoms with van der Waals surface area (Å²) in [5.74, 6) is 0. The predicted molar refractivity (Wildman–Crippen MR) is 101 cm³/mol. The van der Waals surface area contributed by atoms with E-state index in [2.05, 4.69) is 33.9 Å². The van der Waals surface area contributed by atoms with Gasteiger partial charge in [0.25, 0.3) is 0 Å². The lowest BCUT2D eigenvalue weighted by Crippen LogP contribution is -2.57. The zero-order valence-electron chi connectivity index (χ0n) is 15.1. The molecule has 0 spiro atoms. The highest BCUT2D eigenvalue weighted by atomic mass is 28.3. The highest BCUT2D eigenvalue weighted by Crippen LogP contribution is 2.23. The number of hydrogen-bond acceptors (Lipinski definition) is 3. The largest absolute Gasteiger partial charge is 0.336 e. The van der Waals surface area contributed by atoms with Gasteiger partial charge in [0, 0.05) is 6.17 Å². The van der Waals surface area contributed by atoms with E-state index in [-0.39, 0.29) is 13.1 Å². The van der Waals surface area contributed by atoms with E-state index in [1.54, 1.807) is 0 Å². The summed E-state index contributed by atoms with van der Waals surface area (Å²) in [5, 5.41) is 0. The van der Waals surface area contributed by atoms with Crippen molar-refractivity contribution in [1.82, 2.24) is 13.7 Å². The van der Waals surface area contributed by atoms with E-state index in [1.807, 2.05) is 0 Å². The van der Waals surface area contributed by atoms with Crippen molar-refractivity contribution < 1.29 is 0 Å². The summed E-state index contributed by atoms with van der Waals surface area (Å²) < 4.78 is 3.42. The van der Waals surface area contributed by atoms with Crippen molar-refractivity contribution in [2.24, 2.45) is 0 Å². The van der Waals surface area contributed by atoms with E-state index in [1.165, 1.54) is 16.7 Å². The van der Waals surface area contributed by atoms with Gasteiger partial charge in [-0.3, -0.25) is 0 Å². The molecule has 0 radical (unpaired) electrons. The molecule has 0 aliphatic rings. The number of allylic oxidation sites excluding steroid dienone is 2. The molecular weight excluding hydrogens is 322 g/mol. The minimum absolute atomic E-state index is 0.0929. The summed E-state index contributed by atoms with van der Waals surface area (Å²) in [4.78, 5) is 37.9. The normalized spacial score (nSPS) is 11.5. The molecule has 1 aromatic heterocycles. The molecule has 0 aliphatic heterocycles. The predicted octanol–water partition coefficient (Wildman–Crippen LogP) is 1.98. The number of rotatable bonds is 10. The molecule has 0 fully saturated rings. The Hall–Kier alpha value is -1.89. The third-order valence-corrected chi connectivity index (χ3v) is 10.3. The number of nitrogens with zero attached hydrogens (tertiary/aromatic N) is 3. The summed E-state index contributed by atoms with van der Waals surface area (Å²) in [6.45, 7) is 13.8. The lowest BCUT2D eigenvalue weighted by molar-refractivity contribution is 0.505. The number of hydrogen-bond donors (Lipinski definition) is 0. The topological polar surface area (TPSA) is 66.0 Å². The Balaban J connectivity index is 3.65. The molecule has 1 heterocycles. The van der Waals surface area contributed by atoms with Crippen LogP contribution >= 0.6 is 0 Å². The van der Waals surface area contributed by atoms with Gasteiger partial charge in [0.2, 0.25) is 0 Å². The molecule has 0 bridgehead atoms. The summed E-state index contributed by atoms with van der Waals surface area (Å²) in [6, 6.07) is 3.07. The first-order valence-corrected chi connectivity index (χ1v) is 11.4. The van der Waals surface area contributed by atoms with Crippen molar-refractivity contribution in [3.05, 3.63) is 56.8 Å². The van der Waals surface area contributed by atoms with Gasteiger partial charge in [0.05, 0.1) is 21.2 Å². The van der Waals surface area contributed by atoms with Gasteiger partial charge < -0.3 is 0 Å². The van der Waals surface area contributed by atoms with Crippen molar-refractivity contribution in [2.45, 2.75) is 64.6 Å². The summed E-state index contributed by atoms with van der Waals surface area (Å²) in [7, 11) is -1.77. The molecule has 1 rings (SSSR count). The maximum absolute atomic E-state index is 12.7. The lowest BCUT2D eigenvalue weighted by Gasteiger charge is -2.29. The Kier molecular flexibility index (Phi) is 7.40. The highest BCUT2D eigenvalue weighted by molar-refractivity contribution is 6.78. The van der Waals surface area contributed by atoms with Gasteiger partial charge >= 0.3 is 17.1 Å². The van der Waals surface area contributed by atoms with Crippen LogP contribution in [0.3, 0.4) is 0 Å². The first-order chi connectivity index (χ1) is 11.4. The van der Waals surface area contributed by atoms with Crippen LogP contribution in [-0.4, -0.2) is 21.8 Å². The van der Waals surface area contributed by atoms with Crippen LogP contribution < -0.4 is 17.1 Å². The molecule has 0 saturated heterocycles. The van der Waals surface area contributed by atoms with Crippen LogP contribution in [-0.2, 0) is 19.3 Å². The third-order valence-electron chi connectivity index (χ3n) is 4.78. The Labute approximate surface area is 143 Å². The molecule has 1 aromatic rings. The zero-order chi connectivity index (χ0) is 18.3. The van der Waals surface area contributed by atoms with Crippen molar-refractivity contribution in [3.8, 4) is 0 Å². The van der Waals surface area contributed by atoms with Crippen LogP contribution in [0, 0.1) is 0 Å². The molecular formula is C17H29N3O3Si. The average molecular weight is 352 g/mol. The van der Waals surface area contributed by atoms with Gasteiger partial charge in [0.1, 0.15) is 0 Å². The molecule has 0 N–H and O–H groups in total. The summed E-state index contributed by atoms with van der Waals surface area (Å²) in [5.41, 5.74) is -1.66.